The van der Waals surface area contributed by atoms with Crippen LogP contribution in [-0.2, 0) is 4.79 Å². The molecule has 0 aliphatic heterocycles. The molecule has 2 aromatic rings. The molecule has 5 heteroatoms. The minimum absolute atomic E-state index is 0.272. The third-order valence-electron chi connectivity index (χ3n) is 3.95. The number of carboxylic acid groups (broad SMARTS) is 1. The Hall–Kier alpha value is -2.84. The van der Waals surface area contributed by atoms with Crippen molar-refractivity contribution in [2.24, 2.45) is 0 Å². The van der Waals surface area contributed by atoms with Crippen molar-refractivity contribution >= 4 is 41.2 Å². The quantitative estimate of drug-likeness (QED) is 0.436. The van der Waals surface area contributed by atoms with Gasteiger partial charge in [-0.2, -0.15) is 0 Å². The number of rotatable bonds is 9. The molecule has 27 heavy (non-hydrogen) atoms. The monoisotopic (exact) mass is 380 g/mol. The second kappa shape index (κ2) is 10.3. The fourth-order valence-electron chi connectivity index (χ4n) is 2.70. The Morgan fingerprint density at radius 2 is 1.70 bits per heavy atom. The minimum atomic E-state index is -1.20. The zero-order valence-electron chi connectivity index (χ0n) is 15.7. The first-order valence-electron chi connectivity index (χ1n) is 9.02. The molecule has 0 unspecified atom stereocenters. The van der Waals surface area contributed by atoms with E-state index in [4.69, 9.17) is 11.7 Å². The Bertz CT molecular complexity index is 851. The molecule has 140 valence electrons. The highest BCUT2D eigenvalue weighted by atomic mass is 32.1. The molecular formula is C22H24N2O2S. The van der Waals surface area contributed by atoms with Gasteiger partial charge in [-0.15, -0.1) is 11.3 Å². The van der Waals surface area contributed by atoms with Crippen LogP contribution in [0.4, 0.5) is 5.69 Å². The van der Waals surface area contributed by atoms with Crippen molar-refractivity contribution in [3.05, 3.63) is 68.8 Å². The largest absolute Gasteiger partial charge is 0.486 e. The van der Waals surface area contributed by atoms with Crippen LogP contribution in [0.1, 0.15) is 42.0 Å². The van der Waals surface area contributed by atoms with E-state index in [1.54, 1.807) is 0 Å². The molecule has 0 saturated heterocycles. The Labute approximate surface area is 164 Å². The second-order valence-corrected chi connectivity index (χ2v) is 7.25. The number of hydrogen-bond acceptors (Lipinski definition) is 3. The van der Waals surface area contributed by atoms with E-state index in [-0.39, 0.29) is 5.70 Å². The number of carboxylic acids is 1. The Kier molecular flexibility index (Phi) is 7.84. The van der Waals surface area contributed by atoms with Crippen LogP contribution in [0.5, 0.6) is 0 Å². The van der Waals surface area contributed by atoms with Crippen molar-refractivity contribution in [3.63, 3.8) is 0 Å². The van der Waals surface area contributed by atoms with Gasteiger partial charge in [0.2, 0.25) is 0 Å². The van der Waals surface area contributed by atoms with E-state index < -0.39 is 5.97 Å². The normalized spacial score (nSPS) is 11.5. The molecule has 0 fully saturated rings. The predicted molar refractivity (Wildman–Crippen MR) is 115 cm³/mol. The molecule has 1 aromatic heterocycles. The summed E-state index contributed by atoms with van der Waals surface area (Å²) in [6.45, 7) is 13.4. The maximum atomic E-state index is 10.9. The third-order valence-corrected chi connectivity index (χ3v) is 4.95. The molecule has 0 bridgehead atoms. The Morgan fingerprint density at radius 3 is 2.26 bits per heavy atom. The van der Waals surface area contributed by atoms with Crippen molar-refractivity contribution in [1.82, 2.24) is 0 Å². The van der Waals surface area contributed by atoms with Gasteiger partial charge in [0.15, 0.2) is 0 Å². The Balaban J connectivity index is 2.08. The first-order valence-corrected chi connectivity index (χ1v) is 9.84. The molecule has 1 N–H and O–H groups in total. The number of carbonyl (C=O) groups is 1. The summed E-state index contributed by atoms with van der Waals surface area (Å²) in [5.41, 5.74) is 2.09. The first-order chi connectivity index (χ1) is 13.1. The van der Waals surface area contributed by atoms with Gasteiger partial charge < -0.3 is 10.0 Å². The fraction of sp³-hybridized carbons (Fsp3) is 0.273. The summed E-state index contributed by atoms with van der Waals surface area (Å²) < 4.78 is 0. The van der Waals surface area contributed by atoms with Crippen molar-refractivity contribution in [3.8, 4) is 0 Å². The molecule has 0 saturated carbocycles. The fourth-order valence-corrected chi connectivity index (χ4v) is 3.55. The average molecular weight is 381 g/mol. The summed E-state index contributed by atoms with van der Waals surface area (Å²) in [6, 6.07) is 12.3. The molecule has 1 heterocycles. The van der Waals surface area contributed by atoms with Crippen molar-refractivity contribution in [2.75, 3.05) is 18.0 Å². The predicted octanol–water partition coefficient (Wildman–Crippen LogP) is 5.89. The van der Waals surface area contributed by atoms with Crippen LogP contribution >= 0.6 is 11.3 Å². The molecule has 0 aliphatic rings. The highest BCUT2D eigenvalue weighted by Crippen LogP contribution is 2.23. The van der Waals surface area contributed by atoms with Crippen molar-refractivity contribution < 1.29 is 9.90 Å². The lowest BCUT2D eigenvalue weighted by Crippen LogP contribution is -2.24. The minimum Gasteiger partial charge on any atom is -0.486 e. The van der Waals surface area contributed by atoms with E-state index in [0.717, 1.165) is 41.2 Å². The number of nitrogens with zero attached hydrogens (tertiary/aromatic N) is 2. The van der Waals surface area contributed by atoms with Gasteiger partial charge in [-0.3, -0.25) is 4.79 Å². The number of thiophene rings is 1. The Morgan fingerprint density at radius 1 is 1.07 bits per heavy atom. The summed E-state index contributed by atoms with van der Waals surface area (Å²) in [5.74, 6) is -1.20. The van der Waals surface area contributed by atoms with Crippen LogP contribution in [0.3, 0.4) is 0 Å². The standard InChI is InChI=1S/C22H24N2O2S/c1-4-14-24(15-5-2)18-9-6-17(7-10-18)8-11-19-12-13-20(27-19)16-21(23-3)22(25)26/h6-13,16H,4-5,14-15H2,1-2H3,(H,25,26). The second-order valence-electron chi connectivity index (χ2n) is 6.10. The number of aliphatic carboxylic acids is 1. The van der Waals surface area contributed by atoms with Crippen LogP contribution < -0.4 is 4.90 Å². The van der Waals surface area contributed by atoms with Gasteiger partial charge in [0, 0.05) is 28.5 Å². The molecule has 2 rings (SSSR count). The van der Waals surface area contributed by atoms with E-state index in [1.807, 2.05) is 24.3 Å². The summed E-state index contributed by atoms with van der Waals surface area (Å²) in [7, 11) is 0. The maximum Gasteiger partial charge on any atom is 0.333 e. The van der Waals surface area contributed by atoms with E-state index in [9.17, 15) is 4.79 Å². The first kappa shape index (κ1) is 20.5. The molecule has 0 aliphatic carbocycles. The van der Waals surface area contributed by atoms with E-state index >= 15 is 0 Å². The van der Waals surface area contributed by atoms with Crippen LogP contribution in [-0.4, -0.2) is 24.2 Å². The third kappa shape index (κ3) is 6.12. The van der Waals surface area contributed by atoms with Crippen molar-refractivity contribution in [2.45, 2.75) is 26.7 Å². The van der Waals surface area contributed by atoms with Crippen LogP contribution in [0.2, 0.25) is 0 Å². The van der Waals surface area contributed by atoms with Gasteiger partial charge in [0.1, 0.15) is 0 Å². The average Bonchev–Trinajstić information content (AvgIpc) is 3.12. The van der Waals surface area contributed by atoms with Gasteiger partial charge in [-0.25, -0.2) is 4.85 Å². The van der Waals surface area contributed by atoms with Gasteiger partial charge >= 0.3 is 5.97 Å². The van der Waals surface area contributed by atoms with Gasteiger partial charge in [-0.05, 0) is 54.8 Å². The summed E-state index contributed by atoms with van der Waals surface area (Å²) in [4.78, 5) is 18.1. The van der Waals surface area contributed by atoms with E-state index in [0.29, 0.717) is 0 Å². The van der Waals surface area contributed by atoms with Gasteiger partial charge in [-0.1, -0.05) is 32.1 Å². The molecule has 0 radical (unpaired) electrons. The highest BCUT2D eigenvalue weighted by molar-refractivity contribution is 7.13. The van der Waals surface area contributed by atoms with Gasteiger partial charge in [0.25, 0.3) is 5.70 Å². The lowest BCUT2D eigenvalue weighted by Gasteiger charge is -2.23. The molecular weight excluding hydrogens is 356 g/mol. The van der Waals surface area contributed by atoms with E-state index in [1.165, 1.54) is 23.1 Å². The summed E-state index contributed by atoms with van der Waals surface area (Å²) in [5, 5.41) is 8.93. The van der Waals surface area contributed by atoms with E-state index in [2.05, 4.69) is 47.9 Å². The zero-order valence-corrected chi connectivity index (χ0v) is 16.5. The lowest BCUT2D eigenvalue weighted by atomic mass is 10.1. The van der Waals surface area contributed by atoms with Gasteiger partial charge in [0.05, 0.1) is 6.57 Å². The highest BCUT2D eigenvalue weighted by Gasteiger charge is 2.07. The molecule has 0 amide bonds. The molecule has 0 atom stereocenters. The smallest absolute Gasteiger partial charge is 0.333 e. The SMILES string of the molecule is [C-]#[N+]C(=Cc1ccc(C=Cc2ccc(N(CCC)CCC)cc2)s1)C(=O)O. The number of hydrogen-bond donors (Lipinski definition) is 1. The number of benzene rings is 1. The lowest BCUT2D eigenvalue weighted by molar-refractivity contribution is -0.132. The van der Waals surface area contributed by atoms with Crippen LogP contribution in [0, 0.1) is 6.57 Å². The zero-order chi connectivity index (χ0) is 19.6. The molecule has 4 nitrogen and oxygen atoms in total. The summed E-state index contributed by atoms with van der Waals surface area (Å²) in [6.07, 6.45) is 7.72. The number of anilines is 1. The summed E-state index contributed by atoms with van der Waals surface area (Å²) >= 11 is 1.46. The van der Waals surface area contributed by atoms with Crippen LogP contribution in [0.25, 0.3) is 23.1 Å². The molecule has 0 spiro atoms. The van der Waals surface area contributed by atoms with Crippen LogP contribution in [0.15, 0.2) is 42.1 Å². The maximum absolute atomic E-state index is 10.9. The van der Waals surface area contributed by atoms with Crippen molar-refractivity contribution in [1.29, 1.82) is 0 Å². The molecule has 1 aromatic carbocycles. The topological polar surface area (TPSA) is 44.9 Å².